The van der Waals surface area contributed by atoms with Crippen molar-refractivity contribution in [2.75, 3.05) is 70.9 Å². The van der Waals surface area contributed by atoms with Crippen molar-refractivity contribution in [1.82, 2.24) is 19.1 Å². The van der Waals surface area contributed by atoms with E-state index in [1.54, 1.807) is 23.3 Å². The van der Waals surface area contributed by atoms with E-state index < -0.39 is 5.92 Å². The van der Waals surface area contributed by atoms with Crippen molar-refractivity contribution in [3.05, 3.63) is 64.7 Å². The van der Waals surface area contributed by atoms with Crippen LogP contribution in [0.2, 0.25) is 0 Å². The van der Waals surface area contributed by atoms with E-state index in [4.69, 9.17) is 0 Å². The van der Waals surface area contributed by atoms with Crippen LogP contribution in [0, 0.1) is 0 Å². The SMILES string of the molecule is CN1CCN(c2cccc(C(CO)C(=O)N3CC(=C4CN(Sc5ccc6ncsc6c5)C4)C3)c2)CC1. The highest BCUT2D eigenvalue weighted by Crippen LogP contribution is 2.36. The molecule has 0 bridgehead atoms. The highest BCUT2D eigenvalue weighted by molar-refractivity contribution is 7.97. The number of benzene rings is 2. The van der Waals surface area contributed by atoms with Crippen LogP contribution < -0.4 is 4.90 Å². The second-order valence-corrected chi connectivity index (χ2v) is 11.9. The normalized spacial score (nSPS) is 19.9. The molecule has 188 valence electrons. The van der Waals surface area contributed by atoms with Crippen molar-refractivity contribution in [2.45, 2.75) is 10.8 Å². The van der Waals surface area contributed by atoms with E-state index in [0.717, 1.165) is 56.0 Å². The number of aliphatic hydroxyl groups is 1. The van der Waals surface area contributed by atoms with E-state index in [9.17, 15) is 9.90 Å². The zero-order valence-electron chi connectivity index (χ0n) is 20.5. The largest absolute Gasteiger partial charge is 0.395 e. The number of aromatic nitrogens is 1. The number of amides is 1. The van der Waals surface area contributed by atoms with Crippen LogP contribution in [0.5, 0.6) is 0 Å². The number of fused-ring (bicyclic) bond motifs is 1. The first kappa shape index (κ1) is 23.9. The molecule has 0 radical (unpaired) electrons. The van der Waals surface area contributed by atoms with Gasteiger partial charge in [0.2, 0.25) is 5.91 Å². The minimum atomic E-state index is -0.501. The second-order valence-electron chi connectivity index (χ2n) is 9.89. The maximum atomic E-state index is 13.3. The van der Waals surface area contributed by atoms with Crippen LogP contribution in [0.4, 0.5) is 5.69 Å². The predicted molar refractivity (Wildman–Crippen MR) is 147 cm³/mol. The third-order valence-electron chi connectivity index (χ3n) is 7.47. The summed E-state index contributed by atoms with van der Waals surface area (Å²) in [5.41, 5.74) is 7.82. The van der Waals surface area contributed by atoms with Crippen molar-refractivity contribution in [2.24, 2.45) is 0 Å². The summed E-state index contributed by atoms with van der Waals surface area (Å²) in [4.78, 5) is 25.4. The number of anilines is 1. The van der Waals surface area contributed by atoms with Crippen molar-refractivity contribution in [3.63, 3.8) is 0 Å². The molecule has 0 spiro atoms. The number of carbonyl (C=O) groups is 1. The lowest BCUT2D eigenvalue weighted by Gasteiger charge is -2.42. The fourth-order valence-corrected chi connectivity index (χ4v) is 6.88. The zero-order chi connectivity index (χ0) is 24.6. The summed E-state index contributed by atoms with van der Waals surface area (Å²) >= 11 is 3.46. The van der Waals surface area contributed by atoms with E-state index >= 15 is 0 Å². The number of likely N-dealkylation sites (N-methyl/N-ethyl adjacent to an activating group) is 1. The number of carbonyl (C=O) groups excluding carboxylic acids is 1. The maximum absolute atomic E-state index is 13.3. The molecule has 3 aliphatic heterocycles. The fourth-order valence-electron chi connectivity index (χ4n) is 5.05. The van der Waals surface area contributed by atoms with Gasteiger partial charge in [0.1, 0.15) is 0 Å². The average Bonchev–Trinajstić information content (AvgIpc) is 3.30. The summed E-state index contributed by atoms with van der Waals surface area (Å²) in [6.45, 7) is 7.14. The van der Waals surface area contributed by atoms with E-state index in [-0.39, 0.29) is 12.5 Å². The van der Waals surface area contributed by atoms with Gasteiger partial charge in [0.05, 0.1) is 28.3 Å². The van der Waals surface area contributed by atoms with Gasteiger partial charge in [-0.1, -0.05) is 12.1 Å². The topological polar surface area (TPSA) is 63.2 Å². The monoisotopic (exact) mass is 521 g/mol. The van der Waals surface area contributed by atoms with Gasteiger partial charge in [-0.25, -0.2) is 9.29 Å². The summed E-state index contributed by atoms with van der Waals surface area (Å²) in [6, 6.07) is 14.6. The molecule has 1 aromatic heterocycles. The molecule has 1 N–H and O–H groups in total. The lowest BCUT2D eigenvalue weighted by Crippen LogP contribution is -2.50. The maximum Gasteiger partial charge on any atom is 0.233 e. The van der Waals surface area contributed by atoms with Gasteiger partial charge in [0.15, 0.2) is 0 Å². The number of likely N-dealkylation sites (tertiary alicyclic amines) is 1. The van der Waals surface area contributed by atoms with Crippen LogP contribution in [0.25, 0.3) is 10.2 Å². The van der Waals surface area contributed by atoms with E-state index in [2.05, 4.69) is 56.5 Å². The molecular formula is C27H31N5O2S2. The highest BCUT2D eigenvalue weighted by Gasteiger charge is 2.35. The molecule has 0 aliphatic carbocycles. The molecule has 1 amide bonds. The molecule has 7 nitrogen and oxygen atoms in total. The van der Waals surface area contributed by atoms with Crippen LogP contribution in [-0.2, 0) is 4.79 Å². The summed E-state index contributed by atoms with van der Waals surface area (Å²) in [5, 5.41) is 10.1. The third kappa shape index (κ3) is 4.78. The number of hydrogen-bond acceptors (Lipinski definition) is 8. The van der Waals surface area contributed by atoms with Gasteiger partial charge in [0, 0.05) is 62.9 Å². The lowest BCUT2D eigenvalue weighted by atomic mass is 9.92. The molecule has 0 saturated carbocycles. The predicted octanol–water partition coefficient (Wildman–Crippen LogP) is 3.29. The summed E-state index contributed by atoms with van der Waals surface area (Å²) in [5.74, 6) is -0.472. The van der Waals surface area contributed by atoms with E-state index in [0.29, 0.717) is 13.1 Å². The molecule has 3 aliphatic rings. The first-order valence-corrected chi connectivity index (χ1v) is 14.1. The van der Waals surface area contributed by atoms with Crippen LogP contribution in [0.3, 0.4) is 0 Å². The Labute approximate surface area is 220 Å². The van der Waals surface area contributed by atoms with Crippen molar-refractivity contribution in [1.29, 1.82) is 0 Å². The molecule has 3 fully saturated rings. The molecule has 9 heteroatoms. The molecular weight excluding hydrogens is 490 g/mol. The number of piperazine rings is 1. The summed E-state index contributed by atoms with van der Waals surface area (Å²) in [6.07, 6.45) is 0. The molecule has 2 aromatic carbocycles. The first-order valence-electron chi connectivity index (χ1n) is 12.5. The zero-order valence-corrected chi connectivity index (χ0v) is 22.1. The van der Waals surface area contributed by atoms with E-state index in [1.807, 2.05) is 22.5 Å². The van der Waals surface area contributed by atoms with Gasteiger partial charge in [0.25, 0.3) is 0 Å². The van der Waals surface area contributed by atoms with E-state index in [1.165, 1.54) is 20.7 Å². The van der Waals surface area contributed by atoms with Crippen molar-refractivity contribution >= 4 is 45.1 Å². The molecule has 4 heterocycles. The molecule has 3 aromatic rings. The van der Waals surface area contributed by atoms with Gasteiger partial charge in [-0.2, -0.15) is 0 Å². The molecule has 1 unspecified atom stereocenters. The van der Waals surface area contributed by atoms with Gasteiger partial charge in [-0.05, 0) is 66.0 Å². The summed E-state index contributed by atoms with van der Waals surface area (Å²) in [7, 11) is 2.15. The number of nitrogens with zero attached hydrogens (tertiary/aromatic N) is 5. The molecule has 3 saturated heterocycles. The smallest absolute Gasteiger partial charge is 0.233 e. The van der Waals surface area contributed by atoms with Gasteiger partial charge < -0.3 is 19.8 Å². The van der Waals surface area contributed by atoms with Gasteiger partial charge in [-0.15, -0.1) is 11.3 Å². The van der Waals surface area contributed by atoms with Crippen LogP contribution in [0.1, 0.15) is 11.5 Å². The van der Waals surface area contributed by atoms with Crippen LogP contribution >= 0.6 is 23.3 Å². The Kier molecular flexibility index (Phi) is 6.74. The number of aliphatic hydroxyl groups excluding tert-OH is 1. The Morgan fingerprint density at radius 2 is 1.83 bits per heavy atom. The Morgan fingerprint density at radius 3 is 2.61 bits per heavy atom. The molecule has 6 rings (SSSR count). The quantitative estimate of drug-likeness (QED) is 0.395. The minimum absolute atomic E-state index is 0.0285. The summed E-state index contributed by atoms with van der Waals surface area (Å²) < 4.78 is 3.58. The standard InChI is InChI=1S/C27H31N5O2S2/c1-29-7-9-30(10-8-29)22-4-2-3-19(11-22)24(17-33)27(34)31-13-20(14-31)21-15-32(16-21)36-23-5-6-25-26(12-23)35-18-28-25/h2-6,11-12,18,24,33H,7-10,13-17H2,1H3. The Hall–Kier alpha value is -2.43. The second kappa shape index (κ2) is 10.1. The Bertz CT molecular complexity index is 1280. The van der Waals surface area contributed by atoms with Gasteiger partial charge in [-0.3, -0.25) is 4.79 Å². The Morgan fingerprint density at radius 1 is 1.06 bits per heavy atom. The van der Waals surface area contributed by atoms with Gasteiger partial charge >= 0.3 is 0 Å². The third-order valence-corrected chi connectivity index (χ3v) is 9.24. The van der Waals surface area contributed by atoms with Crippen molar-refractivity contribution in [3.8, 4) is 0 Å². The average molecular weight is 522 g/mol. The van der Waals surface area contributed by atoms with Crippen LogP contribution in [-0.4, -0.2) is 96.1 Å². The number of thiazole rings is 1. The van der Waals surface area contributed by atoms with Crippen LogP contribution in [0.15, 0.2) is 64.0 Å². The van der Waals surface area contributed by atoms with Crippen molar-refractivity contribution < 1.29 is 9.90 Å². The minimum Gasteiger partial charge on any atom is -0.395 e. The lowest BCUT2D eigenvalue weighted by molar-refractivity contribution is -0.135. The number of rotatable bonds is 6. The fraction of sp³-hybridized carbons (Fsp3) is 0.407. The molecule has 1 atom stereocenters. The Balaban J connectivity index is 1.04. The number of hydrogen-bond donors (Lipinski definition) is 1. The molecule has 36 heavy (non-hydrogen) atoms. The first-order chi connectivity index (χ1) is 17.6. The highest BCUT2D eigenvalue weighted by atomic mass is 32.2.